The molecular weight excluding hydrogens is 562 g/mol. The van der Waals surface area contributed by atoms with Crippen LogP contribution < -0.4 is 0 Å². The minimum absolute atomic E-state index is 0.0206. The number of thiophene rings is 1. The second-order valence-electron chi connectivity index (χ2n) is 10.3. The molecule has 0 N–H and O–H groups in total. The minimum atomic E-state index is -4.96. The average molecular weight is 588 g/mol. The maximum atomic E-state index is 15.2. The number of rotatable bonds is 6. The van der Waals surface area contributed by atoms with Crippen LogP contribution in [0, 0.1) is 11.7 Å². The molecule has 1 amide bonds. The molecule has 0 spiro atoms. The van der Waals surface area contributed by atoms with Crippen molar-refractivity contribution in [3.8, 4) is 11.1 Å². The van der Waals surface area contributed by atoms with Gasteiger partial charge in [-0.2, -0.15) is 13.2 Å². The van der Waals surface area contributed by atoms with E-state index in [9.17, 15) is 22.8 Å². The molecule has 1 aliphatic rings. The zero-order valence-electron chi connectivity index (χ0n) is 21.6. The van der Waals surface area contributed by atoms with Crippen molar-refractivity contribution in [2.45, 2.75) is 51.4 Å². The third-order valence-corrected chi connectivity index (χ3v) is 9.20. The van der Waals surface area contributed by atoms with E-state index in [1.54, 1.807) is 11.0 Å². The predicted octanol–water partition coefficient (Wildman–Crippen LogP) is 9.33. The molecule has 0 aliphatic heterocycles. The van der Waals surface area contributed by atoms with Gasteiger partial charge in [0.2, 0.25) is 0 Å². The SMILES string of the molecule is C[C@H]1CC[C@H](N(Cc2cc(-c3ccc(C(=O)C(F)(F)F)cc3)ccc2F)C(=O)c2sc3ccccc3c2Cl)CC1. The maximum Gasteiger partial charge on any atom is 0.454 e. The number of hydrogen-bond donors (Lipinski definition) is 0. The molecule has 1 fully saturated rings. The lowest BCUT2D eigenvalue weighted by atomic mass is 9.86. The van der Waals surface area contributed by atoms with Gasteiger partial charge in [-0.1, -0.05) is 67.1 Å². The predicted molar refractivity (Wildman–Crippen MR) is 150 cm³/mol. The number of ketones is 1. The number of carbonyl (C=O) groups excluding carboxylic acids is 2. The number of amides is 1. The van der Waals surface area contributed by atoms with Gasteiger partial charge < -0.3 is 4.90 Å². The van der Waals surface area contributed by atoms with Gasteiger partial charge in [0, 0.05) is 33.8 Å². The molecule has 1 aliphatic carbocycles. The van der Waals surface area contributed by atoms with Gasteiger partial charge >= 0.3 is 6.18 Å². The molecule has 5 rings (SSSR count). The van der Waals surface area contributed by atoms with E-state index in [4.69, 9.17) is 11.6 Å². The van der Waals surface area contributed by atoms with Crippen molar-refractivity contribution in [1.82, 2.24) is 4.90 Å². The molecule has 9 heteroatoms. The van der Waals surface area contributed by atoms with Crippen LogP contribution in [0.2, 0.25) is 5.02 Å². The number of fused-ring (bicyclic) bond motifs is 1. The molecule has 0 radical (unpaired) electrons. The van der Waals surface area contributed by atoms with E-state index in [1.165, 1.54) is 35.6 Å². The van der Waals surface area contributed by atoms with Crippen LogP contribution in [-0.4, -0.2) is 28.8 Å². The van der Waals surface area contributed by atoms with E-state index in [-0.39, 0.29) is 24.1 Å². The fourth-order valence-corrected chi connectivity index (χ4v) is 6.71. The maximum absolute atomic E-state index is 15.2. The normalized spacial score (nSPS) is 17.6. The van der Waals surface area contributed by atoms with Gasteiger partial charge in [-0.25, -0.2) is 4.39 Å². The van der Waals surface area contributed by atoms with Gasteiger partial charge in [0.05, 0.1) is 5.02 Å². The van der Waals surface area contributed by atoms with Crippen LogP contribution >= 0.6 is 22.9 Å². The molecule has 3 aromatic carbocycles. The average Bonchev–Trinajstić information content (AvgIpc) is 3.28. The molecule has 0 saturated heterocycles. The van der Waals surface area contributed by atoms with Crippen LogP contribution in [0.3, 0.4) is 0 Å². The summed E-state index contributed by atoms with van der Waals surface area (Å²) in [5.74, 6) is -2.11. The number of halogens is 5. The Balaban J connectivity index is 1.47. The third kappa shape index (κ3) is 5.79. The van der Waals surface area contributed by atoms with Gasteiger partial charge in [-0.15, -0.1) is 11.3 Å². The highest BCUT2D eigenvalue weighted by molar-refractivity contribution is 7.21. The van der Waals surface area contributed by atoms with Crippen molar-refractivity contribution >= 4 is 44.7 Å². The van der Waals surface area contributed by atoms with Crippen molar-refractivity contribution in [1.29, 1.82) is 0 Å². The van der Waals surface area contributed by atoms with Gasteiger partial charge in [-0.3, -0.25) is 9.59 Å². The standard InChI is InChI=1S/C31H26ClF4NO2S/c1-18-6-13-23(14-7-18)37(30(39)28-27(32)24-4-2-3-5-26(24)40-28)17-22-16-21(12-15-25(22)33)19-8-10-20(11-9-19)29(38)31(34,35)36/h2-5,8-12,15-16,18,23H,6-7,13-14,17H2,1H3/t18-,23-. The lowest BCUT2D eigenvalue weighted by molar-refractivity contribution is -0.0885. The van der Waals surface area contributed by atoms with Crippen molar-refractivity contribution in [2.75, 3.05) is 0 Å². The van der Waals surface area contributed by atoms with Crippen molar-refractivity contribution in [3.63, 3.8) is 0 Å². The van der Waals surface area contributed by atoms with E-state index >= 15 is 4.39 Å². The van der Waals surface area contributed by atoms with Crippen LogP contribution in [0.1, 0.15) is 58.2 Å². The number of Topliss-reactive ketones (excluding diaryl/α,β-unsaturated/α-hetero) is 1. The largest absolute Gasteiger partial charge is 0.454 e. The van der Waals surface area contributed by atoms with Crippen LogP contribution in [0.5, 0.6) is 0 Å². The van der Waals surface area contributed by atoms with Crippen LogP contribution in [0.15, 0.2) is 66.7 Å². The van der Waals surface area contributed by atoms with E-state index in [0.717, 1.165) is 47.9 Å². The van der Waals surface area contributed by atoms with Gasteiger partial charge in [0.1, 0.15) is 10.7 Å². The van der Waals surface area contributed by atoms with Gasteiger partial charge in [0.15, 0.2) is 0 Å². The zero-order chi connectivity index (χ0) is 28.6. The Morgan fingerprint density at radius 1 is 0.950 bits per heavy atom. The molecule has 0 atom stereocenters. The fourth-order valence-electron chi connectivity index (χ4n) is 5.24. The first kappa shape index (κ1) is 28.3. The summed E-state index contributed by atoms with van der Waals surface area (Å²) in [5, 5.41) is 1.19. The van der Waals surface area contributed by atoms with E-state index in [1.807, 2.05) is 24.3 Å². The van der Waals surface area contributed by atoms with E-state index < -0.39 is 23.3 Å². The molecule has 0 bridgehead atoms. The van der Waals surface area contributed by atoms with Crippen LogP contribution in [0.4, 0.5) is 17.6 Å². The minimum Gasteiger partial charge on any atom is -0.330 e. The second kappa shape index (κ2) is 11.3. The lowest BCUT2D eigenvalue weighted by Crippen LogP contribution is -2.41. The highest BCUT2D eigenvalue weighted by Crippen LogP contribution is 2.38. The quantitative estimate of drug-likeness (QED) is 0.166. The summed E-state index contributed by atoms with van der Waals surface area (Å²) in [4.78, 5) is 27.7. The first-order valence-corrected chi connectivity index (χ1v) is 14.2. The first-order chi connectivity index (χ1) is 19.0. The highest BCUT2D eigenvalue weighted by Gasteiger charge is 2.39. The number of nitrogens with zero attached hydrogens (tertiary/aromatic N) is 1. The van der Waals surface area contributed by atoms with Crippen molar-refractivity contribution in [2.24, 2.45) is 5.92 Å². The Labute approximate surface area is 238 Å². The summed E-state index contributed by atoms with van der Waals surface area (Å²) in [5.41, 5.74) is 0.906. The van der Waals surface area contributed by atoms with Gasteiger partial charge in [-0.05, 0) is 60.9 Å². The molecule has 0 unspecified atom stereocenters. The molecule has 4 aromatic rings. The molecule has 208 valence electrons. The topological polar surface area (TPSA) is 37.4 Å². The molecule has 1 aromatic heterocycles. The number of alkyl halides is 3. The zero-order valence-corrected chi connectivity index (χ0v) is 23.2. The Morgan fingerprint density at radius 2 is 1.60 bits per heavy atom. The molecule has 1 saturated carbocycles. The molecule has 3 nitrogen and oxygen atoms in total. The lowest BCUT2D eigenvalue weighted by Gasteiger charge is -2.36. The summed E-state index contributed by atoms with van der Waals surface area (Å²) in [6.07, 6.45) is -1.45. The number of benzene rings is 3. The first-order valence-electron chi connectivity index (χ1n) is 13.0. The Kier molecular flexibility index (Phi) is 8.02. The van der Waals surface area contributed by atoms with Gasteiger partial charge in [0.25, 0.3) is 11.7 Å². The molecular formula is C31H26ClF4NO2S. The monoisotopic (exact) mass is 587 g/mol. The van der Waals surface area contributed by atoms with E-state index in [2.05, 4.69) is 6.92 Å². The van der Waals surface area contributed by atoms with Crippen molar-refractivity contribution in [3.05, 3.63) is 93.6 Å². The number of hydrogen-bond acceptors (Lipinski definition) is 3. The molecule has 1 heterocycles. The summed E-state index contributed by atoms with van der Waals surface area (Å²) < 4.78 is 54.4. The summed E-state index contributed by atoms with van der Waals surface area (Å²) in [6.45, 7) is 2.20. The summed E-state index contributed by atoms with van der Waals surface area (Å²) in [6, 6.07) is 16.9. The summed E-state index contributed by atoms with van der Waals surface area (Å²) >= 11 is 7.98. The second-order valence-corrected chi connectivity index (χ2v) is 11.7. The summed E-state index contributed by atoms with van der Waals surface area (Å²) in [7, 11) is 0. The Bertz CT molecular complexity index is 1560. The Morgan fingerprint density at radius 3 is 2.25 bits per heavy atom. The highest BCUT2D eigenvalue weighted by atomic mass is 35.5. The fraction of sp³-hybridized carbons (Fsp3) is 0.290. The van der Waals surface area contributed by atoms with E-state index in [0.29, 0.717) is 26.9 Å². The smallest absolute Gasteiger partial charge is 0.330 e. The van der Waals surface area contributed by atoms with Crippen LogP contribution in [-0.2, 0) is 6.54 Å². The number of carbonyl (C=O) groups is 2. The molecule has 40 heavy (non-hydrogen) atoms. The third-order valence-electron chi connectivity index (χ3n) is 7.54. The Hall–Kier alpha value is -3.23. The van der Waals surface area contributed by atoms with Crippen LogP contribution in [0.25, 0.3) is 21.2 Å². The van der Waals surface area contributed by atoms with Crippen molar-refractivity contribution < 1.29 is 27.2 Å².